The summed E-state index contributed by atoms with van der Waals surface area (Å²) in [7, 11) is 0. The molecule has 1 atom stereocenters. The highest BCUT2D eigenvalue weighted by atomic mass is 127. The van der Waals surface area contributed by atoms with Crippen LogP contribution in [0.1, 0.15) is 12.5 Å². The molecule has 0 spiro atoms. The van der Waals surface area contributed by atoms with E-state index in [9.17, 15) is 9.90 Å². The zero-order chi connectivity index (χ0) is 13.1. The molecule has 1 aromatic carbocycles. The summed E-state index contributed by atoms with van der Waals surface area (Å²) in [6, 6.07) is 6.98. The quantitative estimate of drug-likeness (QED) is 0.595. The first-order valence-corrected chi connectivity index (χ1v) is 6.90. The van der Waals surface area contributed by atoms with Crippen LogP contribution >= 0.6 is 38.5 Å². The van der Waals surface area contributed by atoms with Crippen molar-refractivity contribution in [3.8, 4) is 6.07 Å². The number of alkyl halides is 1. The summed E-state index contributed by atoms with van der Waals surface area (Å²) in [6.07, 6.45) is 0. The largest absolute Gasteiger partial charge is 0.379 e. The molecular weight excluding hydrogens is 399 g/mol. The molecule has 0 aliphatic carbocycles. The number of rotatable bonds is 3. The van der Waals surface area contributed by atoms with Gasteiger partial charge in [-0.25, -0.2) is 0 Å². The Hall–Kier alpha value is -0.650. The number of halogens is 2. The zero-order valence-electron chi connectivity index (χ0n) is 9.00. The second-order valence-electron chi connectivity index (χ2n) is 3.67. The number of nitrogens with zero attached hydrogens (tertiary/aromatic N) is 1. The van der Waals surface area contributed by atoms with Gasteiger partial charge in [0.1, 0.15) is 11.7 Å². The van der Waals surface area contributed by atoms with Crippen molar-refractivity contribution in [2.24, 2.45) is 0 Å². The van der Waals surface area contributed by atoms with Gasteiger partial charge in [-0.05, 0) is 47.7 Å². The lowest BCUT2D eigenvalue weighted by Crippen LogP contribution is -2.41. The minimum Gasteiger partial charge on any atom is -0.379 e. The third-order valence-electron chi connectivity index (χ3n) is 2.10. The molecule has 0 heterocycles. The van der Waals surface area contributed by atoms with Crippen molar-refractivity contribution in [1.29, 1.82) is 5.26 Å². The molecule has 0 saturated carbocycles. The molecule has 0 saturated heterocycles. The summed E-state index contributed by atoms with van der Waals surface area (Å²) in [5.74, 6) is -0.491. The van der Waals surface area contributed by atoms with Crippen LogP contribution in [0.4, 0.5) is 5.69 Å². The summed E-state index contributed by atoms with van der Waals surface area (Å²) in [6.45, 7) is 1.42. The smallest absolute Gasteiger partial charge is 0.256 e. The van der Waals surface area contributed by atoms with Gasteiger partial charge in [0, 0.05) is 14.6 Å². The second kappa shape index (κ2) is 5.80. The van der Waals surface area contributed by atoms with Crippen molar-refractivity contribution in [3.05, 3.63) is 27.3 Å². The Morgan fingerprint density at radius 2 is 2.35 bits per heavy atom. The van der Waals surface area contributed by atoms with Gasteiger partial charge in [-0.2, -0.15) is 5.26 Å². The molecule has 0 radical (unpaired) electrons. The van der Waals surface area contributed by atoms with E-state index in [4.69, 9.17) is 5.26 Å². The van der Waals surface area contributed by atoms with Crippen molar-refractivity contribution < 1.29 is 9.90 Å². The number of carbonyl (C=O) groups excluding carboxylic acids is 1. The molecule has 1 aromatic rings. The lowest BCUT2D eigenvalue weighted by atomic mass is 10.1. The second-order valence-corrected chi connectivity index (χ2v) is 5.39. The van der Waals surface area contributed by atoms with Crippen molar-refractivity contribution in [3.63, 3.8) is 0 Å². The first-order chi connectivity index (χ1) is 7.90. The van der Waals surface area contributed by atoms with Crippen molar-refractivity contribution in [2.45, 2.75) is 12.5 Å². The molecule has 2 N–H and O–H groups in total. The zero-order valence-corrected chi connectivity index (χ0v) is 12.7. The average molecular weight is 409 g/mol. The van der Waals surface area contributed by atoms with Crippen LogP contribution in [-0.2, 0) is 4.79 Å². The highest BCUT2D eigenvalue weighted by Gasteiger charge is 2.28. The molecular formula is C11H10BrIN2O2. The highest BCUT2D eigenvalue weighted by Crippen LogP contribution is 2.19. The number of anilines is 1. The normalized spacial score (nSPS) is 13.6. The van der Waals surface area contributed by atoms with Crippen LogP contribution in [0.5, 0.6) is 0 Å². The van der Waals surface area contributed by atoms with E-state index in [1.165, 1.54) is 6.92 Å². The van der Waals surface area contributed by atoms with Crippen LogP contribution < -0.4 is 5.32 Å². The third-order valence-corrected chi connectivity index (χ3v) is 4.08. The van der Waals surface area contributed by atoms with Crippen LogP contribution in [0.3, 0.4) is 0 Å². The lowest BCUT2D eigenvalue weighted by Gasteiger charge is -2.19. The lowest BCUT2D eigenvalue weighted by molar-refractivity contribution is -0.130. The maximum Gasteiger partial charge on any atom is 0.256 e. The van der Waals surface area contributed by atoms with Gasteiger partial charge in [0.25, 0.3) is 5.91 Å². The van der Waals surface area contributed by atoms with Crippen LogP contribution in [-0.4, -0.2) is 21.9 Å². The molecule has 0 aromatic heterocycles. The van der Waals surface area contributed by atoms with Gasteiger partial charge >= 0.3 is 0 Å². The SMILES string of the molecule is C[C@](O)(CBr)C(=O)Nc1ccc(C#N)c(I)c1. The fraction of sp³-hybridized carbons (Fsp3) is 0.273. The van der Waals surface area contributed by atoms with Crippen molar-refractivity contribution in [2.75, 3.05) is 10.6 Å². The van der Waals surface area contributed by atoms with E-state index in [2.05, 4.69) is 21.2 Å². The molecule has 90 valence electrons. The maximum atomic E-state index is 11.7. The Morgan fingerprint density at radius 1 is 1.71 bits per heavy atom. The van der Waals surface area contributed by atoms with Gasteiger partial charge < -0.3 is 10.4 Å². The Balaban J connectivity index is 2.88. The minimum atomic E-state index is -1.46. The van der Waals surface area contributed by atoms with Crippen LogP contribution in [0.15, 0.2) is 18.2 Å². The molecule has 0 aliphatic heterocycles. The fourth-order valence-corrected chi connectivity index (χ4v) is 1.90. The molecule has 0 fully saturated rings. The van der Waals surface area contributed by atoms with Gasteiger partial charge in [-0.15, -0.1) is 0 Å². The highest BCUT2D eigenvalue weighted by molar-refractivity contribution is 14.1. The van der Waals surface area contributed by atoms with E-state index in [0.717, 1.165) is 3.57 Å². The van der Waals surface area contributed by atoms with Gasteiger partial charge in [-0.1, -0.05) is 15.9 Å². The molecule has 1 rings (SSSR count). The van der Waals surface area contributed by atoms with Gasteiger partial charge in [0.05, 0.1) is 5.56 Å². The summed E-state index contributed by atoms with van der Waals surface area (Å²) in [5, 5.41) is 21.2. The van der Waals surface area contributed by atoms with Crippen LogP contribution in [0, 0.1) is 14.9 Å². The Kier molecular flexibility index (Phi) is 4.91. The number of aliphatic hydroxyl groups is 1. The monoisotopic (exact) mass is 408 g/mol. The van der Waals surface area contributed by atoms with Crippen molar-refractivity contribution >= 4 is 50.1 Å². The first kappa shape index (κ1) is 14.4. The Labute approximate surface area is 121 Å². The van der Waals surface area contributed by atoms with Gasteiger partial charge in [-0.3, -0.25) is 4.79 Å². The first-order valence-electron chi connectivity index (χ1n) is 4.70. The maximum absolute atomic E-state index is 11.7. The number of hydrogen-bond acceptors (Lipinski definition) is 3. The van der Waals surface area contributed by atoms with E-state index in [1.54, 1.807) is 18.2 Å². The number of nitriles is 1. The van der Waals surface area contributed by atoms with E-state index in [1.807, 2.05) is 28.7 Å². The number of benzene rings is 1. The van der Waals surface area contributed by atoms with Gasteiger partial charge in [0.2, 0.25) is 0 Å². The fourth-order valence-electron chi connectivity index (χ4n) is 1.01. The molecule has 17 heavy (non-hydrogen) atoms. The summed E-state index contributed by atoms with van der Waals surface area (Å²) < 4.78 is 0.751. The van der Waals surface area contributed by atoms with Crippen molar-refractivity contribution in [1.82, 2.24) is 0 Å². The van der Waals surface area contributed by atoms with E-state index < -0.39 is 11.5 Å². The third kappa shape index (κ3) is 3.66. The molecule has 1 amide bonds. The average Bonchev–Trinajstić information content (AvgIpc) is 2.29. The minimum absolute atomic E-state index is 0.152. The number of nitrogens with one attached hydrogen (secondary N) is 1. The summed E-state index contributed by atoms with van der Waals surface area (Å²) in [5.41, 5.74) is -0.352. The molecule has 0 aliphatic rings. The Bertz CT molecular complexity index is 483. The summed E-state index contributed by atoms with van der Waals surface area (Å²) in [4.78, 5) is 11.7. The van der Waals surface area contributed by atoms with E-state index in [0.29, 0.717) is 11.3 Å². The van der Waals surface area contributed by atoms with E-state index in [-0.39, 0.29) is 5.33 Å². The standard InChI is InChI=1S/C11H10BrIN2O2/c1-11(17,6-12)10(16)15-8-3-2-7(5-14)9(13)4-8/h2-4,17H,6H2,1H3,(H,15,16)/t11-/m0/s1. The molecule has 0 unspecified atom stereocenters. The number of amides is 1. The van der Waals surface area contributed by atoms with Crippen LogP contribution in [0.25, 0.3) is 0 Å². The molecule has 0 bridgehead atoms. The van der Waals surface area contributed by atoms with Crippen LogP contribution in [0.2, 0.25) is 0 Å². The topological polar surface area (TPSA) is 73.1 Å². The Morgan fingerprint density at radius 3 is 2.82 bits per heavy atom. The molecule has 4 nitrogen and oxygen atoms in total. The molecule has 6 heteroatoms. The number of hydrogen-bond donors (Lipinski definition) is 2. The predicted octanol–water partition coefficient (Wildman–Crippen LogP) is 2.25. The van der Waals surface area contributed by atoms with E-state index >= 15 is 0 Å². The number of carbonyl (C=O) groups is 1. The summed E-state index contributed by atoms with van der Waals surface area (Å²) >= 11 is 5.08. The predicted molar refractivity (Wildman–Crippen MR) is 76.9 cm³/mol. The van der Waals surface area contributed by atoms with Gasteiger partial charge in [0.15, 0.2) is 0 Å².